The third-order valence-electron chi connectivity index (χ3n) is 3.18. The maximum absolute atomic E-state index is 11.1. The lowest BCUT2D eigenvalue weighted by atomic mass is 9.79. The predicted molar refractivity (Wildman–Crippen MR) is 73.1 cm³/mol. The van der Waals surface area contributed by atoms with Crippen LogP contribution < -0.4 is 0 Å². The van der Waals surface area contributed by atoms with Crippen LogP contribution >= 0.6 is 0 Å². The molecule has 1 unspecified atom stereocenters. The fraction of sp³-hybridized carbons (Fsp3) is 0.500. The first-order valence-corrected chi connectivity index (χ1v) is 6.40. The number of carbonyl (C=O) groups excluding carboxylic acids is 1. The Morgan fingerprint density at radius 2 is 1.94 bits per heavy atom. The third kappa shape index (κ3) is 4.71. The molecule has 0 saturated carbocycles. The molecule has 0 radical (unpaired) electrons. The summed E-state index contributed by atoms with van der Waals surface area (Å²) in [6.07, 6.45) is 2.20. The minimum absolute atomic E-state index is 0.214. The van der Waals surface area contributed by atoms with Crippen LogP contribution in [-0.2, 0) is 4.79 Å². The first-order chi connectivity index (χ1) is 8.44. The smallest absolute Gasteiger partial charge is 0.129 e. The molecule has 0 heterocycles. The fourth-order valence-electron chi connectivity index (χ4n) is 2.15. The van der Waals surface area contributed by atoms with Gasteiger partial charge in [-0.25, -0.2) is 0 Å². The van der Waals surface area contributed by atoms with Gasteiger partial charge in [0.25, 0.3) is 0 Å². The molecule has 0 bridgehead atoms. The summed E-state index contributed by atoms with van der Waals surface area (Å²) >= 11 is 0. The molecule has 0 saturated heterocycles. The number of Topliss-reactive ketones (excluding diaryl/α,β-unsaturated/α-hetero) is 1. The van der Waals surface area contributed by atoms with E-state index in [0.717, 1.165) is 12.8 Å². The predicted octanol–water partition coefficient (Wildman–Crippen LogP) is 4.08. The highest BCUT2D eigenvalue weighted by atomic mass is 16.1. The minimum Gasteiger partial charge on any atom is -0.300 e. The van der Waals surface area contributed by atoms with Gasteiger partial charge in [-0.3, -0.25) is 0 Å². The Morgan fingerprint density at radius 3 is 2.44 bits per heavy atom. The Bertz CT molecular complexity index is 428. The molecule has 0 aliphatic heterocycles. The summed E-state index contributed by atoms with van der Waals surface area (Å²) in [5.41, 5.74) is 0.874. The van der Waals surface area contributed by atoms with Crippen LogP contribution in [0.5, 0.6) is 0 Å². The Balaban J connectivity index is 2.83. The van der Waals surface area contributed by atoms with E-state index in [1.54, 1.807) is 6.92 Å². The van der Waals surface area contributed by atoms with Gasteiger partial charge in [-0.1, -0.05) is 30.3 Å². The van der Waals surface area contributed by atoms with Crippen molar-refractivity contribution in [1.82, 2.24) is 0 Å². The van der Waals surface area contributed by atoms with E-state index < -0.39 is 0 Å². The van der Waals surface area contributed by atoms with Gasteiger partial charge in [0, 0.05) is 6.42 Å². The van der Waals surface area contributed by atoms with Crippen molar-refractivity contribution in [1.29, 1.82) is 5.26 Å². The molecule has 2 heteroatoms. The summed E-state index contributed by atoms with van der Waals surface area (Å²) in [6, 6.07) is 12.5. The SMILES string of the molecule is CC(=O)CCC(CC(C)(C)C#N)c1ccccc1. The lowest BCUT2D eigenvalue weighted by Crippen LogP contribution is -2.14. The quantitative estimate of drug-likeness (QED) is 0.755. The molecule has 0 aliphatic carbocycles. The van der Waals surface area contributed by atoms with Crippen LogP contribution in [-0.4, -0.2) is 5.78 Å². The zero-order valence-corrected chi connectivity index (χ0v) is 11.4. The molecule has 2 nitrogen and oxygen atoms in total. The Kier molecular flexibility index (Phi) is 5.09. The second-order valence-corrected chi connectivity index (χ2v) is 5.55. The van der Waals surface area contributed by atoms with Crippen LogP contribution in [0.3, 0.4) is 0 Å². The molecule has 18 heavy (non-hydrogen) atoms. The average molecular weight is 243 g/mol. The second-order valence-electron chi connectivity index (χ2n) is 5.55. The van der Waals surface area contributed by atoms with Crippen LogP contribution in [0.1, 0.15) is 51.5 Å². The highest BCUT2D eigenvalue weighted by Crippen LogP contribution is 2.34. The monoisotopic (exact) mass is 243 g/mol. The van der Waals surface area contributed by atoms with Gasteiger partial charge >= 0.3 is 0 Å². The number of ketones is 1. The standard InChI is InChI=1S/C16H21NO/c1-13(18)9-10-15(11-16(2,3)12-17)14-7-5-4-6-8-14/h4-8,15H,9-11H2,1-3H3. The van der Waals surface area contributed by atoms with E-state index in [2.05, 4.69) is 18.2 Å². The van der Waals surface area contributed by atoms with E-state index in [1.165, 1.54) is 5.56 Å². The molecular formula is C16H21NO. The van der Waals surface area contributed by atoms with Crippen molar-refractivity contribution < 1.29 is 4.79 Å². The van der Waals surface area contributed by atoms with Gasteiger partial charge < -0.3 is 4.79 Å². The Labute approximate surface area is 110 Å². The largest absolute Gasteiger partial charge is 0.300 e. The second kappa shape index (κ2) is 6.35. The van der Waals surface area contributed by atoms with Crippen LogP contribution in [0.2, 0.25) is 0 Å². The topological polar surface area (TPSA) is 40.9 Å². The van der Waals surface area contributed by atoms with Crippen molar-refractivity contribution in [2.24, 2.45) is 5.41 Å². The van der Waals surface area contributed by atoms with Crippen molar-refractivity contribution in [3.8, 4) is 6.07 Å². The van der Waals surface area contributed by atoms with E-state index in [9.17, 15) is 4.79 Å². The minimum atomic E-state index is -0.350. The fourth-order valence-corrected chi connectivity index (χ4v) is 2.15. The van der Waals surface area contributed by atoms with E-state index in [1.807, 2.05) is 32.0 Å². The van der Waals surface area contributed by atoms with Crippen LogP contribution in [0.25, 0.3) is 0 Å². The molecule has 0 amide bonds. The number of hydrogen-bond acceptors (Lipinski definition) is 2. The summed E-state index contributed by atoms with van der Waals surface area (Å²) in [7, 11) is 0. The molecule has 0 aromatic heterocycles. The van der Waals surface area contributed by atoms with Crippen LogP contribution in [0.15, 0.2) is 30.3 Å². The molecule has 1 aromatic carbocycles. The molecule has 0 aliphatic rings. The number of carbonyl (C=O) groups is 1. The number of nitriles is 1. The zero-order valence-electron chi connectivity index (χ0n) is 11.4. The number of hydrogen-bond donors (Lipinski definition) is 0. The molecule has 0 N–H and O–H groups in total. The van der Waals surface area contributed by atoms with E-state index in [-0.39, 0.29) is 17.1 Å². The summed E-state index contributed by atoms with van der Waals surface area (Å²) in [5.74, 6) is 0.496. The van der Waals surface area contributed by atoms with Crippen molar-refractivity contribution in [3.05, 3.63) is 35.9 Å². The van der Waals surface area contributed by atoms with Crippen LogP contribution in [0.4, 0.5) is 0 Å². The highest BCUT2D eigenvalue weighted by Gasteiger charge is 2.24. The molecule has 0 fully saturated rings. The lowest BCUT2D eigenvalue weighted by molar-refractivity contribution is -0.117. The van der Waals surface area contributed by atoms with Gasteiger partial charge in [0.2, 0.25) is 0 Å². The summed E-state index contributed by atoms with van der Waals surface area (Å²) in [6.45, 7) is 5.53. The highest BCUT2D eigenvalue weighted by molar-refractivity contribution is 5.75. The maximum Gasteiger partial charge on any atom is 0.129 e. The van der Waals surface area contributed by atoms with Crippen molar-refractivity contribution >= 4 is 5.78 Å². The van der Waals surface area contributed by atoms with E-state index in [4.69, 9.17) is 5.26 Å². The molecular weight excluding hydrogens is 222 g/mol. The van der Waals surface area contributed by atoms with Gasteiger partial charge in [0.15, 0.2) is 0 Å². The summed E-state index contributed by atoms with van der Waals surface area (Å²) < 4.78 is 0. The first kappa shape index (κ1) is 14.4. The van der Waals surface area contributed by atoms with Crippen molar-refractivity contribution in [2.45, 2.75) is 46.0 Å². The molecule has 0 spiro atoms. The van der Waals surface area contributed by atoms with Gasteiger partial charge in [0.05, 0.1) is 11.5 Å². The van der Waals surface area contributed by atoms with Gasteiger partial charge in [-0.05, 0) is 45.1 Å². The van der Waals surface area contributed by atoms with Crippen molar-refractivity contribution in [3.63, 3.8) is 0 Å². The summed E-state index contributed by atoms with van der Waals surface area (Å²) in [5, 5.41) is 9.15. The normalized spacial score (nSPS) is 12.8. The number of nitrogens with zero attached hydrogens (tertiary/aromatic N) is 1. The maximum atomic E-state index is 11.1. The zero-order chi connectivity index (χ0) is 13.6. The van der Waals surface area contributed by atoms with E-state index in [0.29, 0.717) is 6.42 Å². The summed E-state index contributed by atoms with van der Waals surface area (Å²) in [4.78, 5) is 11.1. The average Bonchev–Trinajstić information content (AvgIpc) is 2.35. The van der Waals surface area contributed by atoms with Gasteiger partial charge in [-0.15, -0.1) is 0 Å². The first-order valence-electron chi connectivity index (χ1n) is 6.40. The molecule has 1 rings (SSSR count). The van der Waals surface area contributed by atoms with Gasteiger partial charge in [0.1, 0.15) is 5.78 Å². The van der Waals surface area contributed by atoms with Crippen molar-refractivity contribution in [2.75, 3.05) is 0 Å². The third-order valence-corrected chi connectivity index (χ3v) is 3.18. The Morgan fingerprint density at radius 1 is 1.33 bits per heavy atom. The molecule has 1 atom stereocenters. The number of rotatable bonds is 6. The lowest BCUT2D eigenvalue weighted by Gasteiger charge is -2.24. The van der Waals surface area contributed by atoms with E-state index >= 15 is 0 Å². The van der Waals surface area contributed by atoms with Gasteiger partial charge in [-0.2, -0.15) is 5.26 Å². The molecule has 96 valence electrons. The van der Waals surface area contributed by atoms with Crippen LogP contribution in [0, 0.1) is 16.7 Å². The number of benzene rings is 1. The Hall–Kier alpha value is -1.62. The molecule has 1 aromatic rings.